The van der Waals surface area contributed by atoms with Crippen LogP contribution < -0.4 is 9.62 Å². The lowest BCUT2D eigenvalue weighted by molar-refractivity contribution is 0.153. The van der Waals surface area contributed by atoms with Crippen LogP contribution in [0.25, 0.3) is 0 Å². The van der Waals surface area contributed by atoms with Crippen molar-refractivity contribution in [2.24, 2.45) is 0 Å². The van der Waals surface area contributed by atoms with E-state index in [2.05, 4.69) is 4.72 Å². The first-order chi connectivity index (χ1) is 9.76. The summed E-state index contributed by atoms with van der Waals surface area (Å²) < 4.78 is 51.3. The standard InChI is InChI=1S/C13H20F2N2O3S/c1-10(2)16-21(19,20)12-5-3-11(4-6-12)17(7-8-18)9-13(14)15/h3-6,10,13,16,18H,7-9H2,1-2H3. The molecule has 0 radical (unpaired) electrons. The Bertz CT molecular complexity index is 533. The number of hydrogen-bond donors (Lipinski definition) is 2. The molecule has 0 aliphatic carbocycles. The summed E-state index contributed by atoms with van der Waals surface area (Å²) in [6, 6.07) is 5.38. The number of aliphatic hydroxyl groups excluding tert-OH is 1. The van der Waals surface area contributed by atoms with Crippen molar-refractivity contribution in [3.05, 3.63) is 24.3 Å². The van der Waals surface area contributed by atoms with E-state index in [-0.39, 0.29) is 24.1 Å². The van der Waals surface area contributed by atoms with Crippen molar-refractivity contribution in [2.75, 3.05) is 24.6 Å². The van der Waals surface area contributed by atoms with Gasteiger partial charge in [0.05, 0.1) is 18.0 Å². The van der Waals surface area contributed by atoms with Gasteiger partial charge in [0.1, 0.15) is 0 Å². The van der Waals surface area contributed by atoms with Gasteiger partial charge in [-0.25, -0.2) is 21.9 Å². The average Bonchev–Trinajstić information content (AvgIpc) is 2.36. The first kappa shape index (κ1) is 17.8. The van der Waals surface area contributed by atoms with Gasteiger partial charge >= 0.3 is 0 Å². The van der Waals surface area contributed by atoms with Crippen LogP contribution in [0.3, 0.4) is 0 Å². The minimum atomic E-state index is -3.60. The van der Waals surface area contributed by atoms with Gasteiger partial charge < -0.3 is 10.0 Å². The average molecular weight is 322 g/mol. The first-order valence-corrected chi connectivity index (χ1v) is 8.01. The van der Waals surface area contributed by atoms with Crippen LogP contribution >= 0.6 is 0 Å². The molecule has 0 saturated carbocycles. The van der Waals surface area contributed by atoms with Crippen LogP contribution in [0.2, 0.25) is 0 Å². The summed E-state index contributed by atoms with van der Waals surface area (Å²) in [5, 5.41) is 8.90. The van der Waals surface area contributed by atoms with E-state index >= 15 is 0 Å². The van der Waals surface area contributed by atoms with Gasteiger partial charge in [-0.2, -0.15) is 0 Å². The van der Waals surface area contributed by atoms with Crippen LogP contribution in [-0.2, 0) is 10.0 Å². The van der Waals surface area contributed by atoms with E-state index in [4.69, 9.17) is 5.11 Å². The highest BCUT2D eigenvalue weighted by atomic mass is 32.2. The highest BCUT2D eigenvalue weighted by Gasteiger charge is 2.17. The molecule has 0 aliphatic rings. The fourth-order valence-electron chi connectivity index (χ4n) is 1.83. The predicted molar refractivity (Wildman–Crippen MR) is 77.2 cm³/mol. The molecule has 120 valence electrons. The van der Waals surface area contributed by atoms with Gasteiger partial charge in [-0.1, -0.05) is 0 Å². The lowest BCUT2D eigenvalue weighted by atomic mass is 10.3. The first-order valence-electron chi connectivity index (χ1n) is 6.52. The molecule has 1 aromatic carbocycles. The van der Waals surface area contributed by atoms with Crippen molar-refractivity contribution in [1.82, 2.24) is 4.72 Å². The van der Waals surface area contributed by atoms with Gasteiger partial charge in [-0.15, -0.1) is 0 Å². The second-order valence-corrected chi connectivity index (χ2v) is 6.54. The molecule has 0 amide bonds. The van der Waals surface area contributed by atoms with Crippen LogP contribution in [0.15, 0.2) is 29.2 Å². The van der Waals surface area contributed by atoms with Crippen molar-refractivity contribution in [1.29, 1.82) is 0 Å². The fraction of sp³-hybridized carbons (Fsp3) is 0.538. The van der Waals surface area contributed by atoms with Crippen molar-refractivity contribution < 1.29 is 22.3 Å². The third-order valence-electron chi connectivity index (χ3n) is 2.63. The highest BCUT2D eigenvalue weighted by molar-refractivity contribution is 7.89. The van der Waals surface area contributed by atoms with Crippen molar-refractivity contribution >= 4 is 15.7 Å². The topological polar surface area (TPSA) is 69.6 Å². The number of rotatable bonds is 8. The minimum absolute atomic E-state index is 0.0562. The van der Waals surface area contributed by atoms with E-state index in [0.717, 1.165) is 0 Å². The zero-order chi connectivity index (χ0) is 16.0. The Hall–Kier alpha value is -1.25. The third kappa shape index (κ3) is 5.56. The molecule has 0 unspecified atom stereocenters. The zero-order valence-corrected chi connectivity index (χ0v) is 12.8. The molecule has 0 aliphatic heterocycles. The lowest BCUT2D eigenvalue weighted by Gasteiger charge is -2.23. The number of halogens is 2. The monoisotopic (exact) mass is 322 g/mol. The normalized spacial score (nSPS) is 12.1. The van der Waals surface area contributed by atoms with Gasteiger partial charge in [-0.05, 0) is 38.1 Å². The summed E-state index contributed by atoms with van der Waals surface area (Å²) >= 11 is 0. The number of hydrogen-bond acceptors (Lipinski definition) is 4. The molecule has 0 saturated heterocycles. The van der Waals surface area contributed by atoms with E-state index in [1.54, 1.807) is 13.8 Å². The summed E-state index contributed by atoms with van der Waals surface area (Å²) in [5.41, 5.74) is 0.438. The second kappa shape index (κ2) is 7.67. The predicted octanol–water partition coefficient (Wildman–Crippen LogP) is 1.44. The summed E-state index contributed by atoms with van der Waals surface area (Å²) in [5.74, 6) is 0. The smallest absolute Gasteiger partial charge is 0.255 e. The maximum absolute atomic E-state index is 12.5. The Kier molecular flexibility index (Phi) is 6.50. The number of sulfonamides is 1. The number of nitrogens with zero attached hydrogens (tertiary/aromatic N) is 1. The van der Waals surface area contributed by atoms with E-state index in [9.17, 15) is 17.2 Å². The van der Waals surface area contributed by atoms with Crippen LogP contribution in [-0.4, -0.2) is 45.7 Å². The molecule has 0 heterocycles. The van der Waals surface area contributed by atoms with E-state index in [1.807, 2.05) is 0 Å². The van der Waals surface area contributed by atoms with Gasteiger partial charge in [0.15, 0.2) is 0 Å². The molecular formula is C13H20F2N2O3S. The summed E-state index contributed by atoms with van der Waals surface area (Å²) in [7, 11) is -3.60. The number of alkyl halides is 2. The maximum Gasteiger partial charge on any atom is 0.255 e. The summed E-state index contributed by atoms with van der Waals surface area (Å²) in [6.45, 7) is 2.69. The Labute approximate surface area is 123 Å². The molecule has 0 fully saturated rings. The molecule has 2 N–H and O–H groups in total. The molecule has 0 aromatic heterocycles. The van der Waals surface area contributed by atoms with Crippen molar-refractivity contribution in [2.45, 2.75) is 31.2 Å². The van der Waals surface area contributed by atoms with Crippen LogP contribution in [0, 0.1) is 0 Å². The van der Waals surface area contributed by atoms with Gasteiger partial charge in [0.2, 0.25) is 10.0 Å². The maximum atomic E-state index is 12.5. The number of anilines is 1. The number of nitrogens with one attached hydrogen (secondary N) is 1. The van der Waals surface area contributed by atoms with E-state index < -0.39 is 23.0 Å². The Morgan fingerprint density at radius 2 is 1.81 bits per heavy atom. The molecule has 0 spiro atoms. The molecular weight excluding hydrogens is 302 g/mol. The Morgan fingerprint density at radius 3 is 2.24 bits per heavy atom. The SMILES string of the molecule is CC(C)NS(=O)(=O)c1ccc(N(CCO)CC(F)F)cc1. The van der Waals surface area contributed by atoms with E-state index in [1.165, 1.54) is 29.2 Å². The lowest BCUT2D eigenvalue weighted by Crippen LogP contribution is -2.32. The van der Waals surface area contributed by atoms with E-state index in [0.29, 0.717) is 5.69 Å². The Balaban J connectivity index is 2.94. The largest absolute Gasteiger partial charge is 0.395 e. The molecule has 21 heavy (non-hydrogen) atoms. The second-order valence-electron chi connectivity index (χ2n) is 4.83. The quantitative estimate of drug-likeness (QED) is 0.760. The van der Waals surface area contributed by atoms with Crippen LogP contribution in [0.4, 0.5) is 14.5 Å². The summed E-state index contributed by atoms with van der Waals surface area (Å²) in [6.07, 6.45) is -2.54. The van der Waals surface area contributed by atoms with Crippen LogP contribution in [0.1, 0.15) is 13.8 Å². The zero-order valence-electron chi connectivity index (χ0n) is 12.0. The number of benzene rings is 1. The molecule has 8 heteroatoms. The number of aliphatic hydroxyl groups is 1. The molecule has 0 bridgehead atoms. The minimum Gasteiger partial charge on any atom is -0.395 e. The molecule has 1 aromatic rings. The summed E-state index contributed by atoms with van der Waals surface area (Å²) in [4.78, 5) is 1.37. The van der Waals surface area contributed by atoms with Gasteiger partial charge in [0, 0.05) is 18.3 Å². The molecule has 5 nitrogen and oxygen atoms in total. The Morgan fingerprint density at radius 1 is 1.24 bits per heavy atom. The molecule has 1 rings (SSSR count). The fourth-order valence-corrected chi connectivity index (χ4v) is 3.08. The van der Waals surface area contributed by atoms with Gasteiger partial charge in [-0.3, -0.25) is 0 Å². The third-order valence-corrected chi connectivity index (χ3v) is 4.31. The van der Waals surface area contributed by atoms with Crippen molar-refractivity contribution in [3.63, 3.8) is 0 Å². The van der Waals surface area contributed by atoms with Gasteiger partial charge in [0.25, 0.3) is 6.43 Å². The highest BCUT2D eigenvalue weighted by Crippen LogP contribution is 2.19. The van der Waals surface area contributed by atoms with Crippen molar-refractivity contribution in [3.8, 4) is 0 Å². The molecule has 0 atom stereocenters. The van der Waals surface area contributed by atoms with Crippen LogP contribution in [0.5, 0.6) is 0 Å².